The Labute approximate surface area is 117 Å². The van der Waals surface area contributed by atoms with Crippen LogP contribution in [0.25, 0.3) is 0 Å². The van der Waals surface area contributed by atoms with Crippen LogP contribution in [-0.2, 0) is 9.53 Å². The summed E-state index contributed by atoms with van der Waals surface area (Å²) in [5.74, 6) is -0.508. The summed E-state index contributed by atoms with van der Waals surface area (Å²) in [6.45, 7) is 1.14. The van der Waals surface area contributed by atoms with Gasteiger partial charge in [0.1, 0.15) is 11.6 Å². The Morgan fingerprint density at radius 3 is 2.84 bits per heavy atom. The molecule has 0 amide bonds. The van der Waals surface area contributed by atoms with Crippen LogP contribution in [0, 0.1) is 5.92 Å². The van der Waals surface area contributed by atoms with Crippen molar-refractivity contribution >= 4 is 27.5 Å². The third-order valence-electron chi connectivity index (χ3n) is 3.11. The Morgan fingerprint density at radius 2 is 2.37 bits per heavy atom. The van der Waals surface area contributed by atoms with Crippen LogP contribution in [0.2, 0.25) is 0 Å². The summed E-state index contributed by atoms with van der Waals surface area (Å²) >= 11 is 3.37. The van der Waals surface area contributed by atoms with Gasteiger partial charge < -0.3 is 15.6 Å². The largest absolute Gasteiger partial charge is 0.394 e. The molecular formula is C11H14BrN3O4. The quantitative estimate of drug-likeness (QED) is 0.735. The maximum Gasteiger partial charge on any atom is 0.351 e. The molecule has 2 heterocycles. The maximum absolute atomic E-state index is 11.8. The number of aliphatic hydroxyl groups excluding tert-OH is 1. The standard InChI is InChI=1S/C11H14BrN3O4/c1-5(17)8-6(4-16)19-10(9(8)12)15-3-2-7(13)14-11(15)18/h2-3,6,8-10,16H,4H2,1H3,(H2,13,14,18)/t6-,8-,9-,10-/m1/s1. The van der Waals surface area contributed by atoms with Crippen molar-refractivity contribution in [2.24, 2.45) is 5.92 Å². The lowest BCUT2D eigenvalue weighted by atomic mass is 9.97. The predicted molar refractivity (Wildman–Crippen MR) is 70.8 cm³/mol. The minimum Gasteiger partial charge on any atom is -0.394 e. The molecule has 104 valence electrons. The van der Waals surface area contributed by atoms with Crippen LogP contribution >= 0.6 is 15.9 Å². The van der Waals surface area contributed by atoms with Crippen molar-refractivity contribution in [3.63, 3.8) is 0 Å². The fourth-order valence-electron chi connectivity index (χ4n) is 2.20. The van der Waals surface area contributed by atoms with Crippen LogP contribution in [0.3, 0.4) is 0 Å². The Bertz CT molecular complexity index is 547. The monoisotopic (exact) mass is 331 g/mol. The van der Waals surface area contributed by atoms with E-state index in [1.54, 1.807) is 0 Å². The van der Waals surface area contributed by atoms with Crippen molar-refractivity contribution in [2.75, 3.05) is 12.3 Å². The lowest BCUT2D eigenvalue weighted by Crippen LogP contribution is -2.32. The van der Waals surface area contributed by atoms with E-state index in [2.05, 4.69) is 20.9 Å². The SMILES string of the molecule is CC(=O)[C@H]1[C@@H](Br)[C@H](n2ccc(N)nc2=O)O[C@@H]1CO. The summed E-state index contributed by atoms with van der Waals surface area (Å²) in [5, 5.41) is 9.26. The number of Topliss-reactive ketones (excluding diaryl/α,β-unsaturated/α-hetero) is 1. The third kappa shape index (κ3) is 2.56. The van der Waals surface area contributed by atoms with Crippen LogP contribution < -0.4 is 11.4 Å². The molecule has 0 aliphatic carbocycles. The van der Waals surface area contributed by atoms with E-state index in [9.17, 15) is 14.7 Å². The van der Waals surface area contributed by atoms with E-state index in [4.69, 9.17) is 10.5 Å². The number of nitrogens with two attached hydrogens (primary N) is 1. The first-order chi connectivity index (χ1) is 8.95. The lowest BCUT2D eigenvalue weighted by molar-refractivity contribution is -0.123. The second kappa shape index (κ2) is 5.40. The Morgan fingerprint density at radius 1 is 1.68 bits per heavy atom. The highest BCUT2D eigenvalue weighted by Crippen LogP contribution is 2.38. The fraction of sp³-hybridized carbons (Fsp3) is 0.545. The zero-order valence-corrected chi connectivity index (χ0v) is 11.8. The molecule has 0 bridgehead atoms. The van der Waals surface area contributed by atoms with E-state index < -0.39 is 28.8 Å². The molecule has 1 aromatic rings. The van der Waals surface area contributed by atoms with Crippen molar-refractivity contribution in [1.29, 1.82) is 0 Å². The highest BCUT2D eigenvalue weighted by molar-refractivity contribution is 9.09. The van der Waals surface area contributed by atoms with Crippen LogP contribution in [0.5, 0.6) is 0 Å². The van der Waals surface area contributed by atoms with Gasteiger partial charge in [-0.1, -0.05) is 15.9 Å². The zero-order valence-electron chi connectivity index (χ0n) is 10.2. The number of ketones is 1. The summed E-state index contributed by atoms with van der Waals surface area (Å²) in [5.41, 5.74) is 4.86. The highest BCUT2D eigenvalue weighted by atomic mass is 79.9. The number of halogens is 1. The summed E-state index contributed by atoms with van der Waals surface area (Å²) in [6, 6.07) is 1.47. The molecule has 1 aliphatic rings. The number of anilines is 1. The minimum absolute atomic E-state index is 0.111. The van der Waals surface area contributed by atoms with E-state index in [1.807, 2.05) is 0 Å². The number of carbonyl (C=O) groups excluding carboxylic acids is 1. The average molecular weight is 332 g/mol. The molecular weight excluding hydrogens is 318 g/mol. The molecule has 1 saturated heterocycles. The molecule has 0 aromatic carbocycles. The first-order valence-electron chi connectivity index (χ1n) is 5.71. The van der Waals surface area contributed by atoms with Crippen molar-refractivity contribution in [3.05, 3.63) is 22.7 Å². The molecule has 4 atom stereocenters. The van der Waals surface area contributed by atoms with E-state index >= 15 is 0 Å². The molecule has 8 heteroatoms. The Hall–Kier alpha value is -1.25. The number of aromatic nitrogens is 2. The van der Waals surface area contributed by atoms with Gasteiger partial charge in [-0.2, -0.15) is 4.98 Å². The Balaban J connectivity index is 2.36. The van der Waals surface area contributed by atoms with Gasteiger partial charge in [-0.05, 0) is 13.0 Å². The molecule has 19 heavy (non-hydrogen) atoms. The van der Waals surface area contributed by atoms with Gasteiger partial charge in [0.2, 0.25) is 0 Å². The normalized spacial score (nSPS) is 30.5. The number of nitrogens with zero attached hydrogens (tertiary/aromatic N) is 2. The number of ether oxygens (including phenoxy) is 1. The Kier molecular flexibility index (Phi) is 4.02. The first-order valence-corrected chi connectivity index (χ1v) is 6.62. The van der Waals surface area contributed by atoms with Gasteiger partial charge >= 0.3 is 5.69 Å². The van der Waals surface area contributed by atoms with E-state index in [-0.39, 0.29) is 18.2 Å². The molecule has 7 nitrogen and oxygen atoms in total. The second-order valence-electron chi connectivity index (χ2n) is 4.37. The van der Waals surface area contributed by atoms with Gasteiger partial charge in [-0.3, -0.25) is 9.36 Å². The van der Waals surface area contributed by atoms with Gasteiger partial charge in [-0.25, -0.2) is 4.79 Å². The predicted octanol–water partition coefficient (Wildman–Crippen LogP) is -0.316. The van der Waals surface area contributed by atoms with Gasteiger partial charge in [0.25, 0.3) is 0 Å². The number of alkyl halides is 1. The molecule has 1 fully saturated rings. The van der Waals surface area contributed by atoms with Crippen molar-refractivity contribution in [2.45, 2.75) is 24.1 Å². The second-order valence-corrected chi connectivity index (χ2v) is 5.43. The van der Waals surface area contributed by atoms with Gasteiger partial charge in [0.15, 0.2) is 6.23 Å². The molecule has 0 radical (unpaired) electrons. The van der Waals surface area contributed by atoms with E-state index in [0.717, 1.165) is 0 Å². The van der Waals surface area contributed by atoms with Crippen molar-refractivity contribution in [1.82, 2.24) is 9.55 Å². The summed E-state index contributed by atoms with van der Waals surface area (Å²) in [6.07, 6.45) is 0.114. The minimum atomic E-state index is -0.702. The molecule has 0 spiro atoms. The van der Waals surface area contributed by atoms with Crippen molar-refractivity contribution in [3.8, 4) is 0 Å². The molecule has 0 saturated carbocycles. The molecule has 1 aliphatic heterocycles. The average Bonchev–Trinajstić information content (AvgIpc) is 2.66. The number of aliphatic hydroxyl groups is 1. The molecule has 2 rings (SSSR count). The number of carbonyl (C=O) groups is 1. The number of hydrogen-bond donors (Lipinski definition) is 2. The smallest absolute Gasteiger partial charge is 0.351 e. The van der Waals surface area contributed by atoms with E-state index in [0.29, 0.717) is 0 Å². The first kappa shape index (κ1) is 14.2. The molecule has 3 N–H and O–H groups in total. The van der Waals surface area contributed by atoms with Crippen LogP contribution in [-0.4, -0.2) is 38.0 Å². The van der Waals surface area contributed by atoms with Crippen LogP contribution in [0.4, 0.5) is 5.82 Å². The zero-order chi connectivity index (χ0) is 14.2. The molecule has 1 aromatic heterocycles. The summed E-state index contributed by atoms with van der Waals surface area (Å²) < 4.78 is 6.82. The topological polar surface area (TPSA) is 107 Å². The molecule has 0 unspecified atom stereocenters. The van der Waals surface area contributed by atoms with E-state index in [1.165, 1.54) is 23.8 Å². The number of rotatable bonds is 3. The van der Waals surface area contributed by atoms with Gasteiger partial charge in [0.05, 0.1) is 23.5 Å². The van der Waals surface area contributed by atoms with Crippen molar-refractivity contribution < 1.29 is 14.6 Å². The van der Waals surface area contributed by atoms with Crippen LogP contribution in [0.1, 0.15) is 13.2 Å². The third-order valence-corrected chi connectivity index (χ3v) is 4.13. The lowest BCUT2D eigenvalue weighted by Gasteiger charge is -2.17. The van der Waals surface area contributed by atoms with Gasteiger partial charge in [-0.15, -0.1) is 0 Å². The maximum atomic E-state index is 11.8. The fourth-order valence-corrected chi connectivity index (χ4v) is 3.29. The highest BCUT2D eigenvalue weighted by Gasteiger charge is 2.46. The van der Waals surface area contributed by atoms with Gasteiger partial charge in [0, 0.05) is 6.20 Å². The summed E-state index contributed by atoms with van der Waals surface area (Å²) in [4.78, 5) is 26.6. The van der Waals surface area contributed by atoms with Crippen LogP contribution in [0.15, 0.2) is 17.1 Å². The number of nitrogen functional groups attached to an aromatic ring is 1. The summed E-state index contributed by atoms with van der Waals surface area (Å²) in [7, 11) is 0. The number of hydrogen-bond acceptors (Lipinski definition) is 6.